The third-order valence-corrected chi connectivity index (χ3v) is 5.32. The first kappa shape index (κ1) is 16.9. The number of rotatable bonds is 2. The van der Waals surface area contributed by atoms with Crippen molar-refractivity contribution in [1.82, 2.24) is 0 Å². The maximum Gasteiger partial charge on any atom is 0.255 e. The number of thioether (sulfide) groups is 1. The number of hydrogen-bond acceptors (Lipinski definition) is 3. The van der Waals surface area contributed by atoms with Gasteiger partial charge in [0.2, 0.25) is 5.91 Å². The number of fused-ring (bicyclic) bond motifs is 1. The van der Waals surface area contributed by atoms with Gasteiger partial charge in [0.1, 0.15) is 0 Å². The van der Waals surface area contributed by atoms with Crippen LogP contribution in [0.15, 0.2) is 35.2 Å². The first-order valence-electron chi connectivity index (χ1n) is 7.55. The molecule has 1 atom stereocenters. The third-order valence-electron chi connectivity index (χ3n) is 3.84. The highest BCUT2D eigenvalue weighted by atomic mass is 35.5. The molecule has 124 valence electrons. The van der Waals surface area contributed by atoms with E-state index in [1.165, 1.54) is 11.8 Å². The van der Waals surface area contributed by atoms with Gasteiger partial charge in [-0.1, -0.05) is 17.7 Å². The molecule has 3 rings (SSSR count). The van der Waals surface area contributed by atoms with E-state index in [0.29, 0.717) is 22.0 Å². The van der Waals surface area contributed by atoms with Gasteiger partial charge < -0.3 is 10.6 Å². The van der Waals surface area contributed by atoms with Crippen LogP contribution in [-0.2, 0) is 4.79 Å². The van der Waals surface area contributed by atoms with Crippen LogP contribution in [-0.4, -0.2) is 17.1 Å². The lowest BCUT2D eigenvalue weighted by Gasteiger charge is -2.21. The van der Waals surface area contributed by atoms with Gasteiger partial charge in [-0.3, -0.25) is 9.59 Å². The lowest BCUT2D eigenvalue weighted by atomic mass is 10.1. The maximum absolute atomic E-state index is 12.5. The molecular formula is C18H17ClN2O2S. The highest BCUT2D eigenvalue weighted by Gasteiger charge is 2.24. The Bertz CT molecular complexity index is 828. The molecule has 0 fully saturated rings. The summed E-state index contributed by atoms with van der Waals surface area (Å²) in [5.74, 6) is -0.313. The molecule has 0 saturated carbocycles. The zero-order valence-electron chi connectivity index (χ0n) is 13.6. The zero-order valence-corrected chi connectivity index (χ0v) is 15.1. The molecule has 0 bridgehead atoms. The van der Waals surface area contributed by atoms with Gasteiger partial charge in [-0.25, -0.2) is 0 Å². The fraction of sp³-hybridized carbons (Fsp3) is 0.222. The predicted octanol–water partition coefficient (Wildman–Crippen LogP) is 4.64. The molecule has 0 spiro atoms. The molecule has 2 N–H and O–H groups in total. The van der Waals surface area contributed by atoms with E-state index in [0.717, 1.165) is 16.0 Å². The largest absolute Gasteiger partial charge is 0.324 e. The molecule has 2 aromatic rings. The number of hydrogen-bond donors (Lipinski definition) is 2. The molecular weight excluding hydrogens is 344 g/mol. The number of halogens is 1. The van der Waals surface area contributed by atoms with Crippen LogP contribution in [0.25, 0.3) is 0 Å². The van der Waals surface area contributed by atoms with Crippen LogP contribution in [0.2, 0.25) is 5.02 Å². The van der Waals surface area contributed by atoms with Crippen molar-refractivity contribution in [3.05, 3.63) is 52.0 Å². The fourth-order valence-corrected chi connectivity index (χ4v) is 3.91. The smallest absolute Gasteiger partial charge is 0.255 e. The van der Waals surface area contributed by atoms with Crippen molar-refractivity contribution in [2.75, 3.05) is 10.6 Å². The van der Waals surface area contributed by atoms with Gasteiger partial charge in [0.25, 0.3) is 5.91 Å². The van der Waals surface area contributed by atoms with E-state index in [9.17, 15) is 9.59 Å². The Morgan fingerprint density at radius 3 is 2.71 bits per heavy atom. The van der Waals surface area contributed by atoms with Crippen molar-refractivity contribution >= 4 is 46.6 Å². The molecule has 0 saturated heterocycles. The summed E-state index contributed by atoms with van der Waals surface area (Å²) in [6, 6.07) is 9.08. The lowest BCUT2D eigenvalue weighted by molar-refractivity contribution is -0.115. The van der Waals surface area contributed by atoms with E-state index < -0.39 is 0 Å². The minimum Gasteiger partial charge on any atom is -0.324 e. The van der Waals surface area contributed by atoms with Crippen LogP contribution in [0.3, 0.4) is 0 Å². The first-order chi connectivity index (χ1) is 11.3. The highest BCUT2D eigenvalue weighted by molar-refractivity contribution is 8.00. The molecule has 2 amide bonds. The molecule has 6 heteroatoms. The minimum atomic E-state index is -0.260. The van der Waals surface area contributed by atoms with Gasteiger partial charge in [0.15, 0.2) is 0 Å². The van der Waals surface area contributed by atoms with Gasteiger partial charge in [0, 0.05) is 10.5 Å². The molecule has 0 unspecified atom stereocenters. The van der Waals surface area contributed by atoms with E-state index in [2.05, 4.69) is 10.6 Å². The van der Waals surface area contributed by atoms with Crippen molar-refractivity contribution < 1.29 is 9.59 Å². The number of carbonyl (C=O) groups is 2. The van der Waals surface area contributed by atoms with E-state index in [1.54, 1.807) is 12.1 Å². The van der Waals surface area contributed by atoms with Crippen LogP contribution in [0.1, 0.15) is 28.4 Å². The van der Waals surface area contributed by atoms with Crippen LogP contribution in [0.5, 0.6) is 0 Å². The summed E-state index contributed by atoms with van der Waals surface area (Å²) in [6.45, 7) is 5.71. The molecule has 4 nitrogen and oxygen atoms in total. The summed E-state index contributed by atoms with van der Waals surface area (Å²) < 4.78 is 0. The standard InChI is InChI=1S/C18H17ClN2O2S/c1-9-6-10(2)16(13(19)7-9)21-18(23)12-4-5-15-14(8-12)20-17(22)11(3)24-15/h4-8,11H,1-3H3,(H,20,22)(H,21,23)/t11-/m0/s1. The average molecular weight is 361 g/mol. The predicted molar refractivity (Wildman–Crippen MR) is 99.3 cm³/mol. The second-order valence-corrected chi connectivity index (χ2v) is 7.64. The Hall–Kier alpha value is -1.98. The SMILES string of the molecule is Cc1cc(C)c(NC(=O)c2ccc3c(c2)NC(=O)[C@H](C)S3)c(Cl)c1. The van der Waals surface area contributed by atoms with Crippen LogP contribution in [0.4, 0.5) is 11.4 Å². The topological polar surface area (TPSA) is 58.2 Å². The molecule has 2 aromatic carbocycles. The fourth-order valence-electron chi connectivity index (χ4n) is 2.61. The maximum atomic E-state index is 12.5. The number of anilines is 2. The second kappa shape index (κ2) is 6.49. The van der Waals surface area contributed by atoms with Gasteiger partial charge in [-0.05, 0) is 56.2 Å². The van der Waals surface area contributed by atoms with Crippen molar-refractivity contribution in [2.45, 2.75) is 30.9 Å². The Morgan fingerprint density at radius 1 is 1.25 bits per heavy atom. The van der Waals surface area contributed by atoms with Crippen molar-refractivity contribution in [3.63, 3.8) is 0 Å². The number of nitrogens with one attached hydrogen (secondary N) is 2. The van der Waals surface area contributed by atoms with Gasteiger partial charge >= 0.3 is 0 Å². The quantitative estimate of drug-likeness (QED) is 0.820. The van der Waals surface area contributed by atoms with E-state index in [-0.39, 0.29) is 17.1 Å². The average Bonchev–Trinajstić information content (AvgIpc) is 2.51. The summed E-state index contributed by atoms with van der Waals surface area (Å²) in [5.41, 5.74) is 3.70. The second-order valence-electron chi connectivity index (χ2n) is 5.85. The van der Waals surface area contributed by atoms with Crippen LogP contribution >= 0.6 is 23.4 Å². The summed E-state index contributed by atoms with van der Waals surface area (Å²) in [7, 11) is 0. The molecule has 24 heavy (non-hydrogen) atoms. The van der Waals surface area contributed by atoms with Crippen LogP contribution in [0, 0.1) is 13.8 Å². The summed E-state index contributed by atoms with van der Waals surface area (Å²) in [6.07, 6.45) is 0. The summed E-state index contributed by atoms with van der Waals surface area (Å²) in [5, 5.41) is 6.07. The Labute approximate surface area is 150 Å². The zero-order chi connectivity index (χ0) is 17.4. The van der Waals surface area contributed by atoms with Crippen molar-refractivity contribution in [2.24, 2.45) is 0 Å². The number of amides is 2. The summed E-state index contributed by atoms with van der Waals surface area (Å²) >= 11 is 7.73. The van der Waals surface area contributed by atoms with Gasteiger partial charge in [0.05, 0.1) is 21.6 Å². The van der Waals surface area contributed by atoms with E-state index in [1.807, 2.05) is 39.0 Å². The van der Waals surface area contributed by atoms with Gasteiger partial charge in [-0.2, -0.15) is 0 Å². The van der Waals surface area contributed by atoms with Crippen molar-refractivity contribution in [3.8, 4) is 0 Å². The number of aryl methyl sites for hydroxylation is 2. The highest BCUT2D eigenvalue weighted by Crippen LogP contribution is 2.36. The molecule has 1 heterocycles. The number of benzene rings is 2. The molecule has 0 aromatic heterocycles. The molecule has 0 radical (unpaired) electrons. The van der Waals surface area contributed by atoms with Crippen molar-refractivity contribution in [1.29, 1.82) is 0 Å². The van der Waals surface area contributed by atoms with E-state index in [4.69, 9.17) is 11.6 Å². The lowest BCUT2D eigenvalue weighted by Crippen LogP contribution is -2.26. The number of carbonyl (C=O) groups excluding carboxylic acids is 2. The van der Waals surface area contributed by atoms with E-state index >= 15 is 0 Å². The Balaban J connectivity index is 1.87. The normalized spacial score (nSPS) is 16.3. The molecule has 1 aliphatic rings. The Morgan fingerprint density at radius 2 is 2.00 bits per heavy atom. The third kappa shape index (κ3) is 3.28. The minimum absolute atomic E-state index is 0.0533. The van der Waals surface area contributed by atoms with Gasteiger partial charge in [-0.15, -0.1) is 11.8 Å². The monoisotopic (exact) mass is 360 g/mol. The first-order valence-corrected chi connectivity index (χ1v) is 8.80. The van der Waals surface area contributed by atoms with Crippen LogP contribution < -0.4 is 10.6 Å². The Kier molecular flexibility index (Phi) is 4.56. The molecule has 0 aliphatic carbocycles. The molecule has 1 aliphatic heterocycles. The summed E-state index contributed by atoms with van der Waals surface area (Å²) in [4.78, 5) is 25.3.